The molecule has 2 aromatic rings. The summed E-state index contributed by atoms with van der Waals surface area (Å²) >= 11 is 0. The van der Waals surface area contributed by atoms with Crippen LogP contribution in [0.2, 0.25) is 0 Å². The van der Waals surface area contributed by atoms with Crippen LogP contribution in [0.5, 0.6) is 0 Å². The Morgan fingerprint density at radius 1 is 1.00 bits per heavy atom. The number of rotatable bonds is 11. The summed E-state index contributed by atoms with van der Waals surface area (Å²) in [5, 5.41) is 3.13. The van der Waals surface area contributed by atoms with Gasteiger partial charge in [0, 0.05) is 12.6 Å². The van der Waals surface area contributed by atoms with Gasteiger partial charge < -0.3 is 10.2 Å². The van der Waals surface area contributed by atoms with Crippen molar-refractivity contribution in [2.45, 2.75) is 77.4 Å². The first-order valence-corrected chi connectivity index (χ1v) is 14.7. The molecule has 0 spiro atoms. The van der Waals surface area contributed by atoms with E-state index in [1.54, 1.807) is 12.1 Å². The van der Waals surface area contributed by atoms with Gasteiger partial charge in [0.05, 0.1) is 11.9 Å². The van der Waals surface area contributed by atoms with E-state index >= 15 is 0 Å². The Morgan fingerprint density at radius 2 is 1.61 bits per heavy atom. The number of nitrogens with one attached hydrogen (secondary N) is 1. The molecule has 0 heterocycles. The lowest BCUT2D eigenvalue weighted by Crippen LogP contribution is -2.53. The van der Waals surface area contributed by atoms with E-state index in [4.69, 9.17) is 0 Å². The molecule has 1 N–H and O–H groups in total. The van der Waals surface area contributed by atoms with Crippen molar-refractivity contribution in [3.05, 3.63) is 65.7 Å². The molecule has 2 aromatic carbocycles. The first-order chi connectivity index (χ1) is 17.1. The van der Waals surface area contributed by atoms with Crippen molar-refractivity contribution in [3.8, 4) is 0 Å². The molecule has 0 bridgehead atoms. The Bertz CT molecular complexity index is 1130. The van der Waals surface area contributed by atoms with Gasteiger partial charge in [-0.05, 0) is 42.4 Å². The Balaban J connectivity index is 1.94. The number of anilines is 1. The van der Waals surface area contributed by atoms with Crippen LogP contribution in [0.15, 0.2) is 54.6 Å². The van der Waals surface area contributed by atoms with Gasteiger partial charge in [0.25, 0.3) is 0 Å². The van der Waals surface area contributed by atoms with Crippen molar-refractivity contribution in [2.75, 3.05) is 17.1 Å². The van der Waals surface area contributed by atoms with E-state index < -0.39 is 22.0 Å². The molecule has 1 fully saturated rings. The number of amides is 2. The van der Waals surface area contributed by atoms with E-state index in [2.05, 4.69) is 5.32 Å². The third kappa shape index (κ3) is 7.09. The van der Waals surface area contributed by atoms with Gasteiger partial charge in [-0.1, -0.05) is 82.1 Å². The molecule has 2 amide bonds. The summed E-state index contributed by atoms with van der Waals surface area (Å²) in [6.07, 6.45) is 5.62. The summed E-state index contributed by atoms with van der Waals surface area (Å²) in [7, 11) is -3.76. The molecule has 196 valence electrons. The van der Waals surface area contributed by atoms with Crippen molar-refractivity contribution in [1.82, 2.24) is 10.2 Å². The van der Waals surface area contributed by atoms with Crippen LogP contribution in [0.3, 0.4) is 0 Å². The quantitative estimate of drug-likeness (QED) is 0.481. The Kier molecular flexibility index (Phi) is 9.54. The molecule has 8 heteroatoms. The fourth-order valence-corrected chi connectivity index (χ4v) is 5.73. The van der Waals surface area contributed by atoms with Crippen LogP contribution in [0, 0.1) is 0 Å². The maximum atomic E-state index is 13.8. The molecule has 7 nitrogen and oxygen atoms in total. The van der Waals surface area contributed by atoms with Crippen LogP contribution in [0.4, 0.5) is 5.69 Å². The lowest BCUT2D eigenvalue weighted by Gasteiger charge is -2.34. The second-order valence-corrected chi connectivity index (χ2v) is 11.8. The summed E-state index contributed by atoms with van der Waals surface area (Å²) in [6.45, 7) is 5.71. The number of nitrogens with zero attached hydrogens (tertiary/aromatic N) is 2. The van der Waals surface area contributed by atoms with Gasteiger partial charge in [-0.15, -0.1) is 0 Å². The fraction of sp³-hybridized carbons (Fsp3) is 0.500. The molecular formula is C28H39N3O4S. The van der Waals surface area contributed by atoms with Gasteiger partial charge in [0.15, 0.2) is 0 Å². The van der Waals surface area contributed by atoms with Crippen molar-refractivity contribution < 1.29 is 18.0 Å². The molecule has 36 heavy (non-hydrogen) atoms. The molecular weight excluding hydrogens is 474 g/mol. The van der Waals surface area contributed by atoms with Crippen LogP contribution in [-0.2, 0) is 26.2 Å². The van der Waals surface area contributed by atoms with Gasteiger partial charge in [-0.2, -0.15) is 0 Å². The number of carbonyl (C=O) groups excluding carboxylic acids is 2. The number of carbonyl (C=O) groups is 2. The maximum Gasteiger partial charge on any atom is 0.244 e. The number of para-hydroxylation sites is 1. The van der Waals surface area contributed by atoms with Crippen molar-refractivity contribution >= 4 is 27.5 Å². The molecule has 0 aromatic heterocycles. The third-order valence-corrected chi connectivity index (χ3v) is 7.92. The summed E-state index contributed by atoms with van der Waals surface area (Å²) in [5.74, 6) is -0.514. The summed E-state index contributed by atoms with van der Waals surface area (Å²) in [5.41, 5.74) is 2.22. The minimum Gasteiger partial charge on any atom is -0.352 e. The van der Waals surface area contributed by atoms with E-state index in [-0.39, 0.29) is 31.0 Å². The Labute approximate surface area is 215 Å². The number of hydrogen-bond donors (Lipinski definition) is 1. The lowest BCUT2D eigenvalue weighted by atomic mass is 10.0. The number of sulfonamides is 1. The van der Waals surface area contributed by atoms with Crippen LogP contribution < -0.4 is 9.62 Å². The smallest absolute Gasteiger partial charge is 0.244 e. The zero-order valence-corrected chi connectivity index (χ0v) is 22.6. The summed E-state index contributed by atoms with van der Waals surface area (Å²) in [4.78, 5) is 28.7. The predicted molar refractivity (Wildman–Crippen MR) is 144 cm³/mol. The topological polar surface area (TPSA) is 86.8 Å². The minimum absolute atomic E-state index is 0.0709. The zero-order valence-electron chi connectivity index (χ0n) is 21.8. The monoisotopic (exact) mass is 513 g/mol. The largest absolute Gasteiger partial charge is 0.352 e. The number of hydrogen-bond acceptors (Lipinski definition) is 4. The molecule has 0 radical (unpaired) electrons. The van der Waals surface area contributed by atoms with Crippen molar-refractivity contribution in [2.24, 2.45) is 0 Å². The first kappa shape index (κ1) is 27.7. The predicted octanol–water partition coefficient (Wildman–Crippen LogP) is 4.44. The maximum absolute atomic E-state index is 13.8. The van der Waals surface area contributed by atoms with E-state index in [9.17, 15) is 18.0 Å². The van der Waals surface area contributed by atoms with Gasteiger partial charge in [-0.3, -0.25) is 13.9 Å². The van der Waals surface area contributed by atoms with Gasteiger partial charge >= 0.3 is 0 Å². The standard InChI is InChI=1S/C28H39N3O4S/c1-5-25(28(33)29-23-15-9-10-16-23)30(19-22-13-7-6-8-14-22)27(32)20-31(36(4,34)35)26-18-12-11-17-24(26)21(2)3/h6-8,11-14,17-18,21,23,25H,5,9-10,15-16,19-20H2,1-4H3,(H,29,33)/t25-/m1/s1. The van der Waals surface area contributed by atoms with E-state index in [0.717, 1.165) is 43.1 Å². The zero-order chi connectivity index (χ0) is 26.3. The SMILES string of the molecule is CC[C@H](C(=O)NC1CCCC1)N(Cc1ccccc1)C(=O)CN(c1ccccc1C(C)C)S(C)(=O)=O. The third-order valence-electron chi connectivity index (χ3n) is 6.79. The Hall–Kier alpha value is -2.87. The average molecular weight is 514 g/mol. The highest BCUT2D eigenvalue weighted by Gasteiger charge is 2.33. The first-order valence-electron chi connectivity index (χ1n) is 12.8. The summed E-state index contributed by atoms with van der Waals surface area (Å²) in [6, 6.07) is 16.2. The van der Waals surface area contributed by atoms with E-state index in [1.807, 2.05) is 63.2 Å². The summed E-state index contributed by atoms with van der Waals surface area (Å²) < 4.78 is 27.0. The molecule has 1 aliphatic carbocycles. The second kappa shape index (κ2) is 12.4. The Morgan fingerprint density at radius 3 is 2.19 bits per heavy atom. The van der Waals surface area contributed by atoms with E-state index in [1.165, 1.54) is 9.21 Å². The van der Waals surface area contributed by atoms with Crippen LogP contribution in [0.25, 0.3) is 0 Å². The van der Waals surface area contributed by atoms with Gasteiger partial charge in [0.1, 0.15) is 12.6 Å². The molecule has 1 atom stereocenters. The average Bonchev–Trinajstić information content (AvgIpc) is 3.35. The van der Waals surface area contributed by atoms with Crippen LogP contribution >= 0.6 is 0 Å². The fourth-order valence-electron chi connectivity index (χ4n) is 4.86. The molecule has 1 saturated carbocycles. The van der Waals surface area contributed by atoms with Gasteiger partial charge in [0.2, 0.25) is 21.8 Å². The highest BCUT2D eigenvalue weighted by atomic mass is 32.2. The van der Waals surface area contributed by atoms with E-state index in [0.29, 0.717) is 12.1 Å². The van der Waals surface area contributed by atoms with Gasteiger partial charge in [-0.25, -0.2) is 8.42 Å². The second-order valence-electron chi connectivity index (χ2n) is 9.90. The molecule has 0 aliphatic heterocycles. The van der Waals surface area contributed by atoms with Crippen LogP contribution in [0.1, 0.15) is 69.9 Å². The van der Waals surface area contributed by atoms with Crippen molar-refractivity contribution in [3.63, 3.8) is 0 Å². The normalized spacial score (nSPS) is 15.0. The van der Waals surface area contributed by atoms with Crippen molar-refractivity contribution in [1.29, 1.82) is 0 Å². The molecule has 3 rings (SSSR count). The minimum atomic E-state index is -3.76. The highest BCUT2D eigenvalue weighted by Crippen LogP contribution is 2.29. The highest BCUT2D eigenvalue weighted by molar-refractivity contribution is 7.92. The molecule has 0 unspecified atom stereocenters. The number of benzene rings is 2. The molecule has 1 aliphatic rings. The van der Waals surface area contributed by atoms with Crippen LogP contribution in [-0.4, -0.2) is 50.0 Å². The molecule has 0 saturated heterocycles. The lowest BCUT2D eigenvalue weighted by molar-refractivity contribution is -0.140.